The molecule has 0 unspecified atom stereocenters. The molecule has 0 atom stereocenters. The van der Waals surface area contributed by atoms with Crippen molar-refractivity contribution in [2.45, 2.75) is 0 Å². The van der Waals surface area contributed by atoms with E-state index < -0.39 is 0 Å². The minimum absolute atomic E-state index is 0. The molecule has 0 amide bonds. The van der Waals surface area contributed by atoms with Gasteiger partial charge in [0.15, 0.2) is 5.96 Å². The monoisotopic (exact) mass is 335 g/mol. The number of hydrogen-bond donors (Lipinski definition) is 2. The van der Waals surface area contributed by atoms with Crippen LogP contribution in [0.2, 0.25) is 5.02 Å². The number of hydrogen-bond acceptors (Lipinski definition) is 1. The molecule has 5 nitrogen and oxygen atoms in total. The molecule has 0 spiro atoms. The average Bonchev–Trinajstić information content (AvgIpc) is 2.85. The Morgan fingerprint density at radius 1 is 1.05 bits per heavy atom. The van der Waals surface area contributed by atoms with Gasteiger partial charge in [-0.05, 0) is 24.3 Å². The van der Waals surface area contributed by atoms with Crippen LogP contribution in [0.1, 0.15) is 0 Å². The summed E-state index contributed by atoms with van der Waals surface area (Å²) in [4.78, 5) is 10.1. The van der Waals surface area contributed by atoms with E-state index in [0.717, 1.165) is 13.1 Å². The first-order valence-corrected chi connectivity index (χ1v) is 5.87. The largest absolute Gasteiger partial charge is 0.369 e. The molecule has 0 saturated heterocycles. The first-order chi connectivity index (χ1) is 8.65. The molecule has 110 valence electrons. The second-order valence-electron chi connectivity index (χ2n) is 3.79. The van der Waals surface area contributed by atoms with Crippen molar-refractivity contribution < 1.29 is 0 Å². The predicted molar refractivity (Wildman–Crippen MR) is 89.6 cm³/mol. The van der Waals surface area contributed by atoms with Gasteiger partial charge in [-0.3, -0.25) is 0 Å². The molecular formula is C12H16Cl3N5. The molecule has 0 fully saturated rings. The summed E-state index contributed by atoms with van der Waals surface area (Å²) in [5.74, 6) is 0.497. The highest BCUT2D eigenvalue weighted by atomic mass is 35.5. The Morgan fingerprint density at radius 3 is 2.15 bits per heavy atom. The van der Waals surface area contributed by atoms with Gasteiger partial charge in [-0.1, -0.05) is 23.8 Å². The molecule has 0 radical (unpaired) electrons. The van der Waals surface area contributed by atoms with Gasteiger partial charge >= 0.3 is 0 Å². The van der Waals surface area contributed by atoms with Crippen molar-refractivity contribution >= 4 is 54.0 Å². The van der Waals surface area contributed by atoms with E-state index in [1.165, 1.54) is 0 Å². The normalized spacial score (nSPS) is 14.8. The lowest BCUT2D eigenvalue weighted by atomic mass is 10.3. The summed E-state index contributed by atoms with van der Waals surface area (Å²) in [5.41, 5.74) is 12.2. The standard InChI is InChI=1S/C12H14ClN5.2ClH/c13-9-3-5-10(6-4-9)16-11(14)17-12(15)18-7-1-2-8-18;;/h1-6H,7-8H2,(H4,14,15,16,17);2*1H. The fourth-order valence-corrected chi connectivity index (χ4v) is 1.65. The molecular weight excluding hydrogens is 321 g/mol. The molecule has 1 aliphatic rings. The van der Waals surface area contributed by atoms with Gasteiger partial charge in [0, 0.05) is 18.1 Å². The third-order valence-electron chi connectivity index (χ3n) is 2.44. The van der Waals surface area contributed by atoms with Crippen molar-refractivity contribution in [2.75, 3.05) is 13.1 Å². The van der Waals surface area contributed by atoms with Crippen LogP contribution in [0.25, 0.3) is 0 Å². The van der Waals surface area contributed by atoms with E-state index in [4.69, 9.17) is 23.1 Å². The van der Waals surface area contributed by atoms with Gasteiger partial charge < -0.3 is 16.4 Å². The van der Waals surface area contributed by atoms with Crippen molar-refractivity contribution in [1.82, 2.24) is 4.90 Å². The lowest BCUT2D eigenvalue weighted by Gasteiger charge is -2.15. The summed E-state index contributed by atoms with van der Waals surface area (Å²) in [6, 6.07) is 7.01. The van der Waals surface area contributed by atoms with E-state index in [-0.39, 0.29) is 30.8 Å². The lowest BCUT2D eigenvalue weighted by molar-refractivity contribution is 0.534. The molecule has 0 aromatic heterocycles. The minimum Gasteiger partial charge on any atom is -0.369 e. The molecule has 1 aromatic rings. The molecule has 2 rings (SSSR count). The Balaban J connectivity index is 0.00000180. The number of guanidine groups is 2. The van der Waals surface area contributed by atoms with Crippen LogP contribution in [0.4, 0.5) is 5.69 Å². The van der Waals surface area contributed by atoms with E-state index in [1.807, 2.05) is 17.1 Å². The molecule has 4 N–H and O–H groups in total. The van der Waals surface area contributed by atoms with E-state index in [9.17, 15) is 0 Å². The van der Waals surface area contributed by atoms with Crippen LogP contribution in [0.15, 0.2) is 46.4 Å². The Morgan fingerprint density at radius 2 is 1.60 bits per heavy atom. The molecule has 0 bridgehead atoms. The Hall–Kier alpha value is -1.43. The number of nitrogens with zero attached hydrogens (tertiary/aromatic N) is 3. The Labute approximate surface area is 135 Å². The maximum atomic E-state index is 5.81. The average molecular weight is 337 g/mol. The van der Waals surface area contributed by atoms with Gasteiger partial charge in [-0.25, -0.2) is 4.99 Å². The zero-order valence-electron chi connectivity index (χ0n) is 10.6. The summed E-state index contributed by atoms with van der Waals surface area (Å²) in [6.45, 7) is 1.51. The first-order valence-electron chi connectivity index (χ1n) is 5.49. The van der Waals surface area contributed by atoms with Crippen LogP contribution in [0.5, 0.6) is 0 Å². The van der Waals surface area contributed by atoms with Gasteiger partial charge in [0.2, 0.25) is 5.96 Å². The Bertz CT molecular complexity index is 502. The zero-order chi connectivity index (χ0) is 13.0. The summed E-state index contributed by atoms with van der Waals surface area (Å²) in [5, 5.41) is 0.652. The number of aliphatic imine (C=N–C) groups is 2. The van der Waals surface area contributed by atoms with E-state index in [0.29, 0.717) is 16.7 Å². The van der Waals surface area contributed by atoms with E-state index >= 15 is 0 Å². The van der Waals surface area contributed by atoms with E-state index in [1.54, 1.807) is 24.3 Å². The second kappa shape index (κ2) is 8.68. The van der Waals surface area contributed by atoms with Gasteiger partial charge in [-0.15, -0.1) is 24.8 Å². The van der Waals surface area contributed by atoms with Gasteiger partial charge in [0.25, 0.3) is 0 Å². The minimum atomic E-state index is 0. The molecule has 1 heterocycles. The second-order valence-corrected chi connectivity index (χ2v) is 4.23. The summed E-state index contributed by atoms with van der Waals surface area (Å²) < 4.78 is 0. The van der Waals surface area contributed by atoms with Crippen LogP contribution in [-0.4, -0.2) is 29.9 Å². The third kappa shape index (κ3) is 5.28. The highest BCUT2D eigenvalue weighted by molar-refractivity contribution is 6.30. The topological polar surface area (TPSA) is 80.0 Å². The lowest BCUT2D eigenvalue weighted by Crippen LogP contribution is -2.36. The third-order valence-corrected chi connectivity index (χ3v) is 2.69. The molecule has 20 heavy (non-hydrogen) atoms. The number of benzene rings is 1. The molecule has 1 aromatic carbocycles. The van der Waals surface area contributed by atoms with Crippen LogP contribution < -0.4 is 11.5 Å². The van der Waals surface area contributed by atoms with Crippen molar-refractivity contribution in [2.24, 2.45) is 21.5 Å². The van der Waals surface area contributed by atoms with Crippen LogP contribution in [-0.2, 0) is 0 Å². The summed E-state index contributed by atoms with van der Waals surface area (Å²) >= 11 is 5.78. The first kappa shape index (κ1) is 18.6. The van der Waals surface area contributed by atoms with Gasteiger partial charge in [0.1, 0.15) is 0 Å². The van der Waals surface area contributed by atoms with E-state index in [2.05, 4.69) is 9.98 Å². The smallest absolute Gasteiger partial charge is 0.223 e. The Kier molecular flexibility index (Phi) is 8.06. The summed E-state index contributed by atoms with van der Waals surface area (Å²) in [7, 11) is 0. The maximum absolute atomic E-state index is 5.81. The maximum Gasteiger partial charge on any atom is 0.223 e. The van der Waals surface area contributed by atoms with Crippen LogP contribution >= 0.6 is 36.4 Å². The van der Waals surface area contributed by atoms with Crippen molar-refractivity contribution in [3.63, 3.8) is 0 Å². The fourth-order valence-electron chi connectivity index (χ4n) is 1.53. The SMILES string of the molecule is Cl.Cl.NC(=Nc1ccc(Cl)cc1)/N=C(/N)N1CC=CC1. The highest BCUT2D eigenvalue weighted by Crippen LogP contribution is 2.16. The van der Waals surface area contributed by atoms with Gasteiger partial charge in [-0.2, -0.15) is 4.99 Å². The highest BCUT2D eigenvalue weighted by Gasteiger charge is 2.08. The zero-order valence-corrected chi connectivity index (χ0v) is 13.0. The number of rotatable bonds is 1. The number of nitrogens with two attached hydrogens (primary N) is 2. The molecule has 1 aliphatic heterocycles. The summed E-state index contributed by atoms with van der Waals surface area (Å²) in [6.07, 6.45) is 4.05. The van der Waals surface area contributed by atoms with Crippen molar-refractivity contribution in [1.29, 1.82) is 0 Å². The number of halogens is 3. The van der Waals surface area contributed by atoms with Crippen molar-refractivity contribution in [3.8, 4) is 0 Å². The van der Waals surface area contributed by atoms with Gasteiger partial charge in [0.05, 0.1) is 5.69 Å². The molecule has 8 heteroatoms. The predicted octanol–water partition coefficient (Wildman–Crippen LogP) is 2.32. The quantitative estimate of drug-likeness (QED) is 0.469. The molecule has 0 saturated carbocycles. The van der Waals surface area contributed by atoms with Crippen molar-refractivity contribution in [3.05, 3.63) is 41.4 Å². The van der Waals surface area contributed by atoms with Crippen LogP contribution in [0.3, 0.4) is 0 Å². The van der Waals surface area contributed by atoms with Crippen LogP contribution in [0, 0.1) is 0 Å². The fraction of sp³-hybridized carbons (Fsp3) is 0.167. The molecule has 0 aliphatic carbocycles.